The first kappa shape index (κ1) is 11.2. The number of hydrogen-bond donors (Lipinski definition) is 1. The van der Waals surface area contributed by atoms with E-state index in [9.17, 15) is 10.1 Å². The van der Waals surface area contributed by atoms with Gasteiger partial charge in [0, 0.05) is 23.9 Å². The minimum absolute atomic E-state index is 0.144. The molecule has 1 aliphatic rings. The van der Waals surface area contributed by atoms with Crippen molar-refractivity contribution in [2.24, 2.45) is 0 Å². The maximum absolute atomic E-state index is 10.7. The lowest BCUT2D eigenvalue weighted by atomic mass is 9.92. The summed E-state index contributed by atoms with van der Waals surface area (Å²) in [6.07, 6.45) is 0.533. The molecule has 2 rings (SSSR count). The Bertz CT molecular complexity index is 417. The van der Waals surface area contributed by atoms with Crippen molar-refractivity contribution in [1.29, 1.82) is 0 Å². The van der Waals surface area contributed by atoms with E-state index in [4.69, 9.17) is 21.4 Å². The maximum atomic E-state index is 10.7. The number of ether oxygens (including phenoxy) is 1. The minimum atomic E-state index is -0.531. The number of hydrogen-bond acceptors (Lipinski definition) is 4. The van der Waals surface area contributed by atoms with Crippen molar-refractivity contribution >= 4 is 17.3 Å². The van der Waals surface area contributed by atoms with Crippen LogP contribution < -0.4 is 4.74 Å². The molecule has 86 valence electrons. The molecule has 0 aromatic heterocycles. The zero-order valence-corrected chi connectivity index (χ0v) is 9.05. The molecule has 1 N–H and O–H groups in total. The van der Waals surface area contributed by atoms with E-state index >= 15 is 0 Å². The summed E-state index contributed by atoms with van der Waals surface area (Å²) in [5.74, 6) is 0.200. The van der Waals surface area contributed by atoms with Gasteiger partial charge in [-0.15, -0.1) is 0 Å². The molecule has 1 aliphatic carbocycles. The second-order valence-electron chi connectivity index (χ2n) is 3.73. The van der Waals surface area contributed by atoms with Crippen LogP contribution in [0.2, 0.25) is 5.02 Å². The van der Waals surface area contributed by atoms with Crippen LogP contribution in [0.1, 0.15) is 12.8 Å². The third-order valence-electron chi connectivity index (χ3n) is 2.48. The maximum Gasteiger partial charge on any atom is 0.312 e. The van der Waals surface area contributed by atoms with Gasteiger partial charge >= 0.3 is 5.69 Å². The van der Waals surface area contributed by atoms with Gasteiger partial charge in [-0.3, -0.25) is 10.1 Å². The van der Waals surface area contributed by atoms with Crippen molar-refractivity contribution in [3.05, 3.63) is 33.3 Å². The van der Waals surface area contributed by atoms with Crippen LogP contribution >= 0.6 is 11.6 Å². The van der Waals surface area contributed by atoms with Gasteiger partial charge in [0.25, 0.3) is 0 Å². The van der Waals surface area contributed by atoms with Crippen molar-refractivity contribution in [2.45, 2.75) is 25.0 Å². The molecule has 0 spiro atoms. The molecule has 5 nitrogen and oxygen atoms in total. The Balaban J connectivity index is 2.16. The summed E-state index contributed by atoms with van der Waals surface area (Å²) in [6, 6.07) is 4.27. The molecule has 0 bridgehead atoms. The van der Waals surface area contributed by atoms with E-state index in [1.54, 1.807) is 6.07 Å². The Morgan fingerprint density at radius 2 is 2.19 bits per heavy atom. The van der Waals surface area contributed by atoms with E-state index < -0.39 is 4.92 Å². The second kappa shape index (κ2) is 4.27. The molecular formula is C10H10ClNO4. The van der Waals surface area contributed by atoms with E-state index in [1.165, 1.54) is 12.1 Å². The van der Waals surface area contributed by atoms with Gasteiger partial charge in [-0.2, -0.15) is 0 Å². The van der Waals surface area contributed by atoms with Crippen LogP contribution in [0.3, 0.4) is 0 Å². The smallest absolute Gasteiger partial charge is 0.312 e. The van der Waals surface area contributed by atoms with Crippen molar-refractivity contribution in [2.75, 3.05) is 0 Å². The largest absolute Gasteiger partial charge is 0.483 e. The lowest BCUT2D eigenvalue weighted by molar-refractivity contribution is -0.386. The van der Waals surface area contributed by atoms with E-state index in [0.717, 1.165) is 0 Å². The summed E-state index contributed by atoms with van der Waals surface area (Å²) in [6.45, 7) is 0. The molecule has 1 aromatic carbocycles. The van der Waals surface area contributed by atoms with Crippen LogP contribution in [0.4, 0.5) is 5.69 Å². The van der Waals surface area contributed by atoms with E-state index in [0.29, 0.717) is 17.9 Å². The van der Waals surface area contributed by atoms with E-state index in [1.807, 2.05) is 0 Å². The summed E-state index contributed by atoms with van der Waals surface area (Å²) in [5, 5.41) is 20.1. The minimum Gasteiger partial charge on any atom is -0.483 e. The molecule has 0 amide bonds. The van der Waals surface area contributed by atoms with Crippen molar-refractivity contribution in [1.82, 2.24) is 0 Å². The van der Waals surface area contributed by atoms with Crippen LogP contribution in [0.25, 0.3) is 0 Å². The van der Waals surface area contributed by atoms with Gasteiger partial charge in [-0.25, -0.2) is 0 Å². The molecule has 6 heteroatoms. The van der Waals surface area contributed by atoms with Crippen molar-refractivity contribution in [3.63, 3.8) is 0 Å². The molecule has 0 atom stereocenters. The first-order chi connectivity index (χ1) is 7.56. The first-order valence-corrected chi connectivity index (χ1v) is 5.22. The summed E-state index contributed by atoms with van der Waals surface area (Å²) in [5.41, 5.74) is -0.145. The Labute approximate surface area is 96.7 Å². The highest BCUT2D eigenvalue weighted by Crippen LogP contribution is 2.34. The van der Waals surface area contributed by atoms with Gasteiger partial charge in [-0.1, -0.05) is 11.6 Å². The number of rotatable bonds is 3. The Morgan fingerprint density at radius 3 is 2.75 bits per heavy atom. The summed E-state index contributed by atoms with van der Waals surface area (Å²) in [4.78, 5) is 10.2. The van der Waals surface area contributed by atoms with Crippen LogP contribution in [-0.2, 0) is 0 Å². The monoisotopic (exact) mass is 243 g/mol. The summed E-state index contributed by atoms with van der Waals surface area (Å²) in [7, 11) is 0. The molecule has 16 heavy (non-hydrogen) atoms. The Hall–Kier alpha value is -1.33. The number of nitro groups is 1. The zero-order chi connectivity index (χ0) is 11.7. The lowest BCUT2D eigenvalue weighted by Crippen LogP contribution is -2.37. The molecular weight excluding hydrogens is 234 g/mol. The van der Waals surface area contributed by atoms with Crippen LogP contribution in [0.5, 0.6) is 5.75 Å². The second-order valence-corrected chi connectivity index (χ2v) is 4.17. The molecule has 0 unspecified atom stereocenters. The normalized spacial score (nSPS) is 23.6. The van der Waals surface area contributed by atoms with E-state index in [-0.39, 0.29) is 23.6 Å². The predicted octanol–water partition coefficient (Wildman–Crippen LogP) is 2.15. The number of benzene rings is 1. The highest BCUT2D eigenvalue weighted by atomic mass is 35.5. The third-order valence-corrected chi connectivity index (χ3v) is 2.72. The molecule has 1 saturated carbocycles. The number of nitrogens with zero attached hydrogens (tertiary/aromatic N) is 1. The van der Waals surface area contributed by atoms with E-state index in [2.05, 4.69) is 0 Å². The average molecular weight is 244 g/mol. The number of aliphatic hydroxyl groups excluding tert-OH is 1. The molecule has 0 heterocycles. The first-order valence-electron chi connectivity index (χ1n) is 4.85. The number of halogens is 1. The van der Waals surface area contributed by atoms with Gasteiger partial charge in [0.05, 0.1) is 11.0 Å². The fraction of sp³-hybridized carbons (Fsp3) is 0.400. The van der Waals surface area contributed by atoms with Gasteiger partial charge in [0.15, 0.2) is 5.75 Å². The highest BCUT2D eigenvalue weighted by molar-refractivity contribution is 6.30. The standard InChI is InChI=1S/C10H10ClNO4/c11-6-1-2-10(9(3-6)12(14)15)16-8-4-7(13)5-8/h1-3,7-8,13H,4-5H2. The summed E-state index contributed by atoms with van der Waals surface area (Å²) < 4.78 is 5.41. The fourth-order valence-corrected chi connectivity index (χ4v) is 1.71. The molecule has 0 radical (unpaired) electrons. The van der Waals surface area contributed by atoms with Gasteiger partial charge < -0.3 is 9.84 Å². The summed E-state index contributed by atoms with van der Waals surface area (Å²) >= 11 is 5.67. The zero-order valence-electron chi connectivity index (χ0n) is 8.30. The topological polar surface area (TPSA) is 72.6 Å². The van der Waals surface area contributed by atoms with Crippen LogP contribution in [-0.4, -0.2) is 22.2 Å². The van der Waals surface area contributed by atoms with Crippen molar-refractivity contribution in [3.8, 4) is 5.75 Å². The number of nitro benzene ring substituents is 1. The molecule has 1 fully saturated rings. The Kier molecular flexibility index (Phi) is 2.98. The van der Waals surface area contributed by atoms with Gasteiger partial charge in [-0.05, 0) is 12.1 Å². The number of aliphatic hydroxyl groups is 1. The lowest BCUT2D eigenvalue weighted by Gasteiger charge is -2.31. The Morgan fingerprint density at radius 1 is 1.50 bits per heavy atom. The quantitative estimate of drug-likeness (QED) is 0.652. The van der Waals surface area contributed by atoms with Crippen molar-refractivity contribution < 1.29 is 14.8 Å². The highest BCUT2D eigenvalue weighted by Gasteiger charge is 2.30. The fourth-order valence-electron chi connectivity index (χ4n) is 1.55. The van der Waals surface area contributed by atoms with Gasteiger partial charge in [0.1, 0.15) is 6.10 Å². The van der Waals surface area contributed by atoms with Gasteiger partial charge in [0.2, 0.25) is 0 Å². The SMILES string of the molecule is O=[N+]([O-])c1cc(Cl)ccc1OC1CC(O)C1. The molecule has 1 aromatic rings. The molecule has 0 aliphatic heterocycles. The predicted molar refractivity (Wildman–Crippen MR) is 57.8 cm³/mol. The van der Waals surface area contributed by atoms with Crippen LogP contribution in [0, 0.1) is 10.1 Å². The molecule has 0 saturated heterocycles. The third kappa shape index (κ3) is 2.25. The average Bonchev–Trinajstić information content (AvgIpc) is 2.17. The van der Waals surface area contributed by atoms with Crippen LogP contribution in [0.15, 0.2) is 18.2 Å².